The number of benzene rings is 1. The Balaban J connectivity index is 1.99. The molecule has 0 aliphatic carbocycles. The summed E-state index contributed by atoms with van der Waals surface area (Å²) in [5.41, 5.74) is 0.276. The SMILES string of the molecule is CC(NC(=O)c1cc(O)cc(O)c1)C1CCNCC1. The van der Waals surface area contributed by atoms with E-state index in [9.17, 15) is 15.0 Å². The van der Waals surface area contributed by atoms with Gasteiger partial charge in [0, 0.05) is 17.7 Å². The second-order valence-corrected chi connectivity index (χ2v) is 5.09. The molecular formula is C14H20N2O3. The van der Waals surface area contributed by atoms with E-state index in [0.29, 0.717) is 5.92 Å². The van der Waals surface area contributed by atoms with Gasteiger partial charge in [-0.05, 0) is 50.9 Å². The van der Waals surface area contributed by atoms with Gasteiger partial charge in [-0.15, -0.1) is 0 Å². The highest BCUT2D eigenvalue weighted by molar-refractivity contribution is 5.95. The zero-order valence-corrected chi connectivity index (χ0v) is 11.0. The summed E-state index contributed by atoms with van der Waals surface area (Å²) in [6.45, 7) is 3.96. The van der Waals surface area contributed by atoms with Crippen molar-refractivity contribution in [3.63, 3.8) is 0 Å². The van der Waals surface area contributed by atoms with E-state index in [1.54, 1.807) is 0 Å². The van der Waals surface area contributed by atoms with Gasteiger partial charge in [-0.1, -0.05) is 0 Å². The molecule has 1 aliphatic rings. The number of carbonyl (C=O) groups excluding carboxylic acids is 1. The average molecular weight is 264 g/mol. The van der Waals surface area contributed by atoms with E-state index in [1.165, 1.54) is 18.2 Å². The van der Waals surface area contributed by atoms with Crippen molar-refractivity contribution in [2.45, 2.75) is 25.8 Å². The second kappa shape index (κ2) is 5.93. The lowest BCUT2D eigenvalue weighted by Crippen LogP contribution is -2.42. The van der Waals surface area contributed by atoms with Crippen LogP contribution >= 0.6 is 0 Å². The average Bonchev–Trinajstić information content (AvgIpc) is 2.38. The minimum atomic E-state index is -0.266. The van der Waals surface area contributed by atoms with E-state index in [2.05, 4.69) is 10.6 Å². The molecule has 5 nitrogen and oxygen atoms in total. The highest BCUT2D eigenvalue weighted by atomic mass is 16.3. The highest BCUT2D eigenvalue weighted by Crippen LogP contribution is 2.21. The number of hydrogen-bond donors (Lipinski definition) is 4. The quantitative estimate of drug-likeness (QED) is 0.661. The molecular weight excluding hydrogens is 244 g/mol. The van der Waals surface area contributed by atoms with Gasteiger partial charge >= 0.3 is 0 Å². The van der Waals surface area contributed by atoms with Crippen LogP contribution in [0.15, 0.2) is 18.2 Å². The number of amides is 1. The van der Waals surface area contributed by atoms with E-state index in [4.69, 9.17) is 0 Å². The maximum atomic E-state index is 12.1. The maximum absolute atomic E-state index is 12.1. The van der Waals surface area contributed by atoms with Crippen LogP contribution in [0.5, 0.6) is 11.5 Å². The first kappa shape index (κ1) is 13.7. The van der Waals surface area contributed by atoms with Crippen LogP contribution in [0.3, 0.4) is 0 Å². The number of phenolic OH excluding ortho intramolecular Hbond substituents is 2. The predicted molar refractivity (Wildman–Crippen MR) is 72.3 cm³/mol. The largest absolute Gasteiger partial charge is 0.508 e. The van der Waals surface area contributed by atoms with E-state index < -0.39 is 0 Å². The molecule has 1 heterocycles. The molecule has 1 unspecified atom stereocenters. The normalized spacial score (nSPS) is 17.9. The number of phenols is 2. The van der Waals surface area contributed by atoms with Crippen molar-refractivity contribution in [1.82, 2.24) is 10.6 Å². The molecule has 0 bridgehead atoms. The fourth-order valence-electron chi connectivity index (χ4n) is 2.48. The summed E-state index contributed by atoms with van der Waals surface area (Å²) in [7, 11) is 0. The lowest BCUT2D eigenvalue weighted by Gasteiger charge is -2.28. The molecule has 1 saturated heterocycles. The Morgan fingerprint density at radius 1 is 1.26 bits per heavy atom. The van der Waals surface area contributed by atoms with Crippen molar-refractivity contribution < 1.29 is 15.0 Å². The lowest BCUT2D eigenvalue weighted by atomic mass is 9.91. The summed E-state index contributed by atoms with van der Waals surface area (Å²) in [5, 5.41) is 25.0. The fraction of sp³-hybridized carbons (Fsp3) is 0.500. The topological polar surface area (TPSA) is 81.6 Å². The van der Waals surface area contributed by atoms with E-state index >= 15 is 0 Å². The van der Waals surface area contributed by atoms with Crippen LogP contribution in [-0.2, 0) is 0 Å². The summed E-state index contributed by atoms with van der Waals surface area (Å²) >= 11 is 0. The smallest absolute Gasteiger partial charge is 0.251 e. The molecule has 4 N–H and O–H groups in total. The van der Waals surface area contributed by atoms with E-state index in [0.717, 1.165) is 25.9 Å². The van der Waals surface area contributed by atoms with E-state index in [1.807, 2.05) is 6.92 Å². The highest BCUT2D eigenvalue weighted by Gasteiger charge is 2.21. The van der Waals surface area contributed by atoms with Crippen LogP contribution in [0.1, 0.15) is 30.1 Å². The Hall–Kier alpha value is -1.75. The van der Waals surface area contributed by atoms with Crippen molar-refractivity contribution >= 4 is 5.91 Å². The molecule has 0 saturated carbocycles. The van der Waals surface area contributed by atoms with Crippen molar-refractivity contribution in [2.75, 3.05) is 13.1 Å². The Bertz CT molecular complexity index is 436. The number of aromatic hydroxyl groups is 2. The van der Waals surface area contributed by atoms with Crippen LogP contribution in [0.2, 0.25) is 0 Å². The van der Waals surface area contributed by atoms with Gasteiger partial charge in [0.25, 0.3) is 5.91 Å². The molecule has 0 radical (unpaired) electrons. The molecule has 0 aromatic heterocycles. The molecule has 1 aliphatic heterocycles. The van der Waals surface area contributed by atoms with Crippen molar-refractivity contribution in [2.24, 2.45) is 5.92 Å². The Labute approximate surface area is 112 Å². The summed E-state index contributed by atoms with van der Waals surface area (Å²) in [4.78, 5) is 12.1. The first-order valence-electron chi connectivity index (χ1n) is 6.61. The van der Waals surface area contributed by atoms with Crippen LogP contribution in [0.4, 0.5) is 0 Å². The van der Waals surface area contributed by atoms with Gasteiger partial charge in [-0.2, -0.15) is 0 Å². The third kappa shape index (κ3) is 3.61. The minimum Gasteiger partial charge on any atom is -0.508 e. The van der Waals surface area contributed by atoms with E-state index in [-0.39, 0.29) is 29.0 Å². The van der Waals surface area contributed by atoms with Gasteiger partial charge in [-0.25, -0.2) is 0 Å². The second-order valence-electron chi connectivity index (χ2n) is 5.09. The van der Waals surface area contributed by atoms with Crippen LogP contribution in [0, 0.1) is 5.92 Å². The number of piperidine rings is 1. The summed E-state index contributed by atoms with van der Waals surface area (Å²) in [6.07, 6.45) is 2.10. The third-order valence-corrected chi connectivity index (χ3v) is 3.61. The van der Waals surface area contributed by atoms with Gasteiger partial charge in [-0.3, -0.25) is 4.79 Å². The van der Waals surface area contributed by atoms with Gasteiger partial charge in [0.2, 0.25) is 0 Å². The molecule has 19 heavy (non-hydrogen) atoms. The molecule has 0 spiro atoms. The van der Waals surface area contributed by atoms with Gasteiger partial charge in [0.1, 0.15) is 11.5 Å². The Morgan fingerprint density at radius 3 is 2.42 bits per heavy atom. The van der Waals surface area contributed by atoms with Gasteiger partial charge in [0.05, 0.1) is 0 Å². The molecule has 2 rings (SSSR count). The Kier molecular flexibility index (Phi) is 4.27. The standard InChI is InChI=1S/C14H20N2O3/c1-9(10-2-4-15-5-3-10)16-14(19)11-6-12(17)8-13(18)7-11/h6-10,15,17-18H,2-5H2,1H3,(H,16,19). The van der Waals surface area contributed by atoms with Crippen LogP contribution in [0.25, 0.3) is 0 Å². The van der Waals surface area contributed by atoms with Crippen molar-refractivity contribution in [1.29, 1.82) is 0 Å². The predicted octanol–water partition coefficient (Wildman–Crippen LogP) is 1.22. The molecule has 1 atom stereocenters. The zero-order valence-electron chi connectivity index (χ0n) is 11.0. The lowest BCUT2D eigenvalue weighted by molar-refractivity contribution is 0.0920. The van der Waals surface area contributed by atoms with Crippen LogP contribution in [-0.4, -0.2) is 35.3 Å². The summed E-state index contributed by atoms with van der Waals surface area (Å²) < 4.78 is 0. The molecule has 1 amide bonds. The van der Waals surface area contributed by atoms with Gasteiger partial charge < -0.3 is 20.8 Å². The van der Waals surface area contributed by atoms with Crippen LogP contribution < -0.4 is 10.6 Å². The number of rotatable bonds is 3. The van der Waals surface area contributed by atoms with Crippen molar-refractivity contribution in [3.8, 4) is 11.5 Å². The fourth-order valence-corrected chi connectivity index (χ4v) is 2.48. The number of hydrogen-bond acceptors (Lipinski definition) is 4. The summed E-state index contributed by atoms with van der Waals surface area (Å²) in [5.74, 6) is -0.0207. The minimum absolute atomic E-state index is 0.0825. The molecule has 104 valence electrons. The maximum Gasteiger partial charge on any atom is 0.251 e. The molecule has 1 fully saturated rings. The third-order valence-electron chi connectivity index (χ3n) is 3.61. The first-order valence-corrected chi connectivity index (χ1v) is 6.61. The molecule has 1 aromatic rings. The zero-order chi connectivity index (χ0) is 13.8. The summed E-state index contributed by atoms with van der Waals surface area (Å²) in [6, 6.07) is 3.99. The van der Waals surface area contributed by atoms with Gasteiger partial charge in [0.15, 0.2) is 0 Å². The Morgan fingerprint density at radius 2 is 1.84 bits per heavy atom. The number of nitrogens with one attached hydrogen (secondary N) is 2. The molecule has 1 aromatic carbocycles. The number of carbonyl (C=O) groups is 1. The molecule has 5 heteroatoms. The van der Waals surface area contributed by atoms with Crippen molar-refractivity contribution in [3.05, 3.63) is 23.8 Å². The monoisotopic (exact) mass is 264 g/mol. The first-order chi connectivity index (χ1) is 9.06.